The number of amides is 2. The average Bonchev–Trinajstić information content (AvgIpc) is 3.24. The van der Waals surface area contributed by atoms with Gasteiger partial charge in [-0.15, -0.1) is 0 Å². The third kappa shape index (κ3) is 3.11. The van der Waals surface area contributed by atoms with E-state index < -0.39 is 0 Å². The van der Waals surface area contributed by atoms with E-state index in [0.717, 1.165) is 5.69 Å². The lowest BCUT2D eigenvalue weighted by molar-refractivity contribution is -0.136. The molecule has 1 fully saturated rings. The fourth-order valence-electron chi connectivity index (χ4n) is 3.72. The Balaban J connectivity index is 1.46. The van der Waals surface area contributed by atoms with Crippen molar-refractivity contribution in [1.82, 2.24) is 24.3 Å². The lowest BCUT2D eigenvalue weighted by Gasteiger charge is -2.20. The molecule has 0 aromatic carbocycles. The first-order chi connectivity index (χ1) is 12.9. The Morgan fingerprint density at radius 1 is 1.26 bits per heavy atom. The number of carbonyl (C=O) groups excluding carboxylic acids is 2. The van der Waals surface area contributed by atoms with Crippen LogP contribution in [0.4, 0.5) is 0 Å². The van der Waals surface area contributed by atoms with Crippen molar-refractivity contribution in [2.24, 2.45) is 13.0 Å². The van der Waals surface area contributed by atoms with Crippen LogP contribution in [0.2, 0.25) is 0 Å². The number of rotatable bonds is 3. The molecule has 4 rings (SSSR count). The molecule has 140 valence electrons. The zero-order valence-corrected chi connectivity index (χ0v) is 15.4. The first-order valence-electron chi connectivity index (χ1n) is 8.96. The van der Waals surface area contributed by atoms with E-state index in [9.17, 15) is 14.4 Å². The molecule has 2 aromatic heterocycles. The molecule has 0 N–H and O–H groups in total. The molecular weight excluding hydrogens is 346 g/mol. The fourth-order valence-corrected chi connectivity index (χ4v) is 3.72. The van der Waals surface area contributed by atoms with Gasteiger partial charge in [-0.25, -0.2) is 4.98 Å². The first kappa shape index (κ1) is 17.4. The Bertz CT molecular complexity index is 969. The van der Waals surface area contributed by atoms with Gasteiger partial charge in [-0.3, -0.25) is 23.9 Å². The van der Waals surface area contributed by atoms with Crippen molar-refractivity contribution < 1.29 is 9.59 Å². The number of carbonyl (C=O) groups is 2. The number of nitrogens with zero attached hydrogens (tertiary/aromatic N) is 5. The van der Waals surface area contributed by atoms with Crippen LogP contribution in [0.25, 0.3) is 0 Å². The summed E-state index contributed by atoms with van der Waals surface area (Å²) in [4.78, 5) is 49.7. The van der Waals surface area contributed by atoms with Gasteiger partial charge < -0.3 is 9.80 Å². The Morgan fingerprint density at radius 2 is 2.07 bits per heavy atom. The summed E-state index contributed by atoms with van der Waals surface area (Å²) < 4.78 is 1.50. The van der Waals surface area contributed by atoms with E-state index in [1.54, 1.807) is 30.0 Å². The number of aryl methyl sites for hydroxylation is 1. The predicted octanol–water partition coefficient (Wildman–Crippen LogP) is 0.375. The van der Waals surface area contributed by atoms with Crippen molar-refractivity contribution in [2.45, 2.75) is 33.0 Å². The van der Waals surface area contributed by atoms with Gasteiger partial charge in [-0.2, -0.15) is 0 Å². The summed E-state index contributed by atoms with van der Waals surface area (Å²) in [6, 6.07) is 5.57. The van der Waals surface area contributed by atoms with Gasteiger partial charge in [-0.1, -0.05) is 6.07 Å². The molecule has 1 atom stereocenters. The second-order valence-corrected chi connectivity index (χ2v) is 7.14. The molecule has 8 nitrogen and oxygen atoms in total. The molecule has 2 aliphatic heterocycles. The molecular formula is C19H21N5O3. The van der Waals surface area contributed by atoms with E-state index in [1.807, 2.05) is 18.2 Å². The van der Waals surface area contributed by atoms with Crippen LogP contribution >= 0.6 is 0 Å². The molecule has 2 amide bonds. The summed E-state index contributed by atoms with van der Waals surface area (Å²) in [5.41, 5.74) is 1.94. The molecule has 0 radical (unpaired) electrons. The minimum absolute atomic E-state index is 0.0411. The number of aromatic nitrogens is 3. The molecule has 8 heteroatoms. The van der Waals surface area contributed by atoms with Crippen molar-refractivity contribution in [3.63, 3.8) is 0 Å². The van der Waals surface area contributed by atoms with Gasteiger partial charge in [0.05, 0.1) is 42.5 Å². The summed E-state index contributed by atoms with van der Waals surface area (Å²) in [5, 5.41) is 0. The summed E-state index contributed by atoms with van der Waals surface area (Å²) in [6.07, 6.45) is 1.89. The second kappa shape index (κ2) is 6.61. The fraction of sp³-hybridized carbons (Fsp3) is 0.421. The highest BCUT2D eigenvalue weighted by Crippen LogP contribution is 2.26. The van der Waals surface area contributed by atoms with Gasteiger partial charge in [0, 0.05) is 26.2 Å². The van der Waals surface area contributed by atoms with E-state index >= 15 is 0 Å². The van der Waals surface area contributed by atoms with E-state index in [1.165, 1.54) is 4.57 Å². The van der Waals surface area contributed by atoms with E-state index in [2.05, 4.69) is 9.97 Å². The van der Waals surface area contributed by atoms with Gasteiger partial charge in [0.15, 0.2) is 0 Å². The largest absolute Gasteiger partial charge is 0.336 e. The van der Waals surface area contributed by atoms with Crippen LogP contribution in [0.15, 0.2) is 29.2 Å². The Hall–Kier alpha value is -3.03. The summed E-state index contributed by atoms with van der Waals surface area (Å²) >= 11 is 0. The molecule has 0 unspecified atom stereocenters. The third-order valence-electron chi connectivity index (χ3n) is 5.34. The summed E-state index contributed by atoms with van der Waals surface area (Å²) in [5.74, 6) is 0.108. The maximum Gasteiger partial charge on any atom is 0.258 e. The van der Waals surface area contributed by atoms with Crippen LogP contribution < -0.4 is 5.56 Å². The number of likely N-dealkylation sites (tertiary alicyclic amines) is 1. The standard InChI is InChI=1S/C19H21N5O3/c1-12-21-16-11-24(10-15(16)19(27)22(12)2)18(26)13-7-17(25)23(8-13)9-14-5-3-4-6-20-14/h3-6,13H,7-11H2,1-2H3/t13-/m0/s1. The van der Waals surface area contributed by atoms with Crippen LogP contribution in [0.5, 0.6) is 0 Å². The van der Waals surface area contributed by atoms with Crippen molar-refractivity contribution in [3.05, 3.63) is 57.5 Å². The zero-order chi connectivity index (χ0) is 19.1. The summed E-state index contributed by atoms with van der Waals surface area (Å²) in [7, 11) is 1.68. The van der Waals surface area contributed by atoms with Crippen LogP contribution in [-0.4, -0.2) is 42.7 Å². The van der Waals surface area contributed by atoms with Crippen LogP contribution in [0, 0.1) is 12.8 Å². The molecule has 0 spiro atoms. The molecule has 2 aliphatic rings. The van der Waals surface area contributed by atoms with E-state index in [-0.39, 0.29) is 36.3 Å². The van der Waals surface area contributed by atoms with Crippen LogP contribution in [-0.2, 0) is 36.3 Å². The Kier molecular flexibility index (Phi) is 4.25. The summed E-state index contributed by atoms with van der Waals surface area (Å²) in [6.45, 7) is 3.16. The van der Waals surface area contributed by atoms with Gasteiger partial charge in [0.1, 0.15) is 5.82 Å². The van der Waals surface area contributed by atoms with Gasteiger partial charge in [0.25, 0.3) is 5.56 Å². The maximum absolute atomic E-state index is 12.9. The highest BCUT2D eigenvalue weighted by atomic mass is 16.2. The number of fused-ring (bicyclic) bond motifs is 1. The monoisotopic (exact) mass is 367 g/mol. The van der Waals surface area contributed by atoms with Crippen LogP contribution in [0.3, 0.4) is 0 Å². The van der Waals surface area contributed by atoms with E-state index in [0.29, 0.717) is 36.7 Å². The van der Waals surface area contributed by atoms with Crippen LogP contribution in [0.1, 0.15) is 29.2 Å². The number of hydrogen-bond donors (Lipinski definition) is 0. The molecule has 0 aliphatic carbocycles. The van der Waals surface area contributed by atoms with E-state index in [4.69, 9.17) is 0 Å². The van der Waals surface area contributed by atoms with Crippen molar-refractivity contribution in [3.8, 4) is 0 Å². The Labute approximate surface area is 156 Å². The second-order valence-electron chi connectivity index (χ2n) is 7.14. The molecule has 2 aromatic rings. The van der Waals surface area contributed by atoms with Gasteiger partial charge in [0.2, 0.25) is 11.8 Å². The molecule has 4 heterocycles. The highest BCUT2D eigenvalue weighted by Gasteiger charge is 2.39. The molecule has 1 saturated heterocycles. The number of pyridine rings is 1. The Morgan fingerprint density at radius 3 is 2.81 bits per heavy atom. The quantitative estimate of drug-likeness (QED) is 0.782. The lowest BCUT2D eigenvalue weighted by atomic mass is 10.1. The average molecular weight is 367 g/mol. The maximum atomic E-state index is 12.9. The van der Waals surface area contributed by atoms with Crippen molar-refractivity contribution in [1.29, 1.82) is 0 Å². The minimum atomic E-state index is -0.388. The highest BCUT2D eigenvalue weighted by molar-refractivity contribution is 5.89. The smallest absolute Gasteiger partial charge is 0.258 e. The SMILES string of the molecule is Cc1nc2c(c(=O)n1C)CN(C(=O)[C@H]1CC(=O)N(Cc3ccccn3)C1)C2. The number of hydrogen-bond acceptors (Lipinski definition) is 5. The topological polar surface area (TPSA) is 88.4 Å². The predicted molar refractivity (Wildman–Crippen MR) is 96.2 cm³/mol. The van der Waals surface area contributed by atoms with Gasteiger partial charge >= 0.3 is 0 Å². The minimum Gasteiger partial charge on any atom is -0.336 e. The molecule has 0 saturated carbocycles. The van der Waals surface area contributed by atoms with Gasteiger partial charge in [-0.05, 0) is 19.1 Å². The molecule has 0 bridgehead atoms. The molecule has 27 heavy (non-hydrogen) atoms. The lowest BCUT2D eigenvalue weighted by Crippen LogP contribution is -2.34. The van der Waals surface area contributed by atoms with Crippen molar-refractivity contribution >= 4 is 11.8 Å². The van der Waals surface area contributed by atoms with Crippen molar-refractivity contribution in [2.75, 3.05) is 6.54 Å². The zero-order valence-electron chi connectivity index (χ0n) is 15.4. The third-order valence-corrected chi connectivity index (χ3v) is 5.34. The normalized spacial score (nSPS) is 18.9. The first-order valence-corrected chi connectivity index (χ1v) is 8.96.